The van der Waals surface area contributed by atoms with Gasteiger partial charge in [0.05, 0.1) is 15.9 Å². The molecule has 0 saturated carbocycles. The van der Waals surface area contributed by atoms with E-state index in [0.29, 0.717) is 28.7 Å². The van der Waals surface area contributed by atoms with Gasteiger partial charge in [-0.05, 0) is 62.7 Å². The zero-order valence-electron chi connectivity index (χ0n) is 18.6. The van der Waals surface area contributed by atoms with Crippen LogP contribution in [0, 0.1) is 6.92 Å². The van der Waals surface area contributed by atoms with Gasteiger partial charge in [-0.3, -0.25) is 0 Å². The van der Waals surface area contributed by atoms with Gasteiger partial charge in [-0.15, -0.1) is 0 Å². The minimum Gasteiger partial charge on any atom is -0.479 e. The summed E-state index contributed by atoms with van der Waals surface area (Å²) in [4.78, 5) is 17.1. The van der Waals surface area contributed by atoms with E-state index in [0.717, 1.165) is 15.4 Å². The van der Waals surface area contributed by atoms with Crippen LogP contribution >= 0.6 is 11.6 Å². The molecule has 0 aliphatic rings. The molecule has 0 aliphatic heterocycles. The van der Waals surface area contributed by atoms with Crippen LogP contribution in [0.2, 0.25) is 5.02 Å². The Bertz CT molecular complexity index is 1250. The number of esters is 1. The average molecular weight is 480 g/mol. The van der Waals surface area contributed by atoms with Crippen molar-refractivity contribution in [1.29, 1.82) is 0 Å². The molecule has 0 fully saturated rings. The number of aromatic nitrogens is 2. The lowest BCUT2D eigenvalue weighted by molar-refractivity contribution is -0.152. The van der Waals surface area contributed by atoms with E-state index in [4.69, 9.17) is 21.1 Å². The van der Waals surface area contributed by atoms with Gasteiger partial charge in [-0.2, -0.15) is 0 Å². The van der Waals surface area contributed by atoms with E-state index in [1.165, 1.54) is 20.2 Å². The highest BCUT2D eigenvalue weighted by Gasteiger charge is 2.21. The summed E-state index contributed by atoms with van der Waals surface area (Å²) in [5, 5.41) is 0.588. The number of nitrogens with zero attached hydrogens (tertiary/aromatic N) is 3. The highest BCUT2D eigenvalue weighted by atomic mass is 35.5. The van der Waals surface area contributed by atoms with Gasteiger partial charge in [0.2, 0.25) is 10.0 Å². The fourth-order valence-corrected chi connectivity index (χ4v) is 4.38. The molecular weight excluding hydrogens is 454 g/mol. The van der Waals surface area contributed by atoms with Crippen molar-refractivity contribution in [2.45, 2.75) is 44.9 Å². The molecule has 0 spiro atoms. The third-order valence-electron chi connectivity index (χ3n) is 5.01. The van der Waals surface area contributed by atoms with E-state index in [9.17, 15) is 13.2 Å². The molecule has 0 amide bonds. The van der Waals surface area contributed by atoms with Crippen LogP contribution in [0.5, 0.6) is 5.75 Å². The summed E-state index contributed by atoms with van der Waals surface area (Å²) in [5.41, 5.74) is 2.09. The van der Waals surface area contributed by atoms with Crippen LogP contribution in [0.4, 0.5) is 0 Å². The predicted molar refractivity (Wildman–Crippen MR) is 122 cm³/mol. The molecule has 0 bridgehead atoms. The third kappa shape index (κ3) is 4.90. The summed E-state index contributed by atoms with van der Waals surface area (Å²) >= 11 is 5.95. The highest BCUT2D eigenvalue weighted by Crippen LogP contribution is 2.24. The molecule has 1 atom stereocenters. The molecule has 3 aromatic rings. The van der Waals surface area contributed by atoms with Gasteiger partial charge in [0.15, 0.2) is 6.10 Å². The fraction of sp³-hybridized carbons (Fsp3) is 0.364. The zero-order chi connectivity index (χ0) is 23.6. The minimum atomic E-state index is -3.58. The Kier molecular flexibility index (Phi) is 7.12. The molecule has 1 unspecified atom stereocenters. The Balaban J connectivity index is 1.77. The summed E-state index contributed by atoms with van der Waals surface area (Å²) in [7, 11) is -0.626. The Labute approximate surface area is 192 Å². The summed E-state index contributed by atoms with van der Waals surface area (Å²) in [6, 6.07) is 9.93. The molecule has 2 aromatic carbocycles. The smallest absolute Gasteiger partial charge is 0.347 e. The van der Waals surface area contributed by atoms with E-state index < -0.39 is 22.1 Å². The topological polar surface area (TPSA) is 90.7 Å². The van der Waals surface area contributed by atoms with Crippen LogP contribution in [-0.2, 0) is 32.7 Å². The molecule has 32 heavy (non-hydrogen) atoms. The molecular formula is C22H26ClN3O5S. The number of hydrogen-bond acceptors (Lipinski definition) is 6. The molecule has 172 valence electrons. The second-order valence-electron chi connectivity index (χ2n) is 7.49. The number of rotatable bonds is 8. The summed E-state index contributed by atoms with van der Waals surface area (Å²) < 4.78 is 39.0. The van der Waals surface area contributed by atoms with Gasteiger partial charge >= 0.3 is 5.97 Å². The van der Waals surface area contributed by atoms with Crippen LogP contribution in [0.15, 0.2) is 41.3 Å². The van der Waals surface area contributed by atoms with E-state index in [1.807, 2.05) is 18.4 Å². The summed E-state index contributed by atoms with van der Waals surface area (Å²) in [6.07, 6.45) is -0.828. The van der Waals surface area contributed by atoms with Gasteiger partial charge in [-0.1, -0.05) is 11.6 Å². The number of imidazole rings is 1. The van der Waals surface area contributed by atoms with E-state index in [1.54, 1.807) is 37.3 Å². The van der Waals surface area contributed by atoms with Crippen LogP contribution in [0.1, 0.15) is 25.2 Å². The first-order valence-electron chi connectivity index (χ1n) is 10.1. The molecule has 1 aromatic heterocycles. The number of aryl methyl sites for hydroxylation is 2. The Morgan fingerprint density at radius 2 is 1.94 bits per heavy atom. The molecule has 0 N–H and O–H groups in total. The molecule has 10 heteroatoms. The number of carbonyl (C=O) groups excluding carboxylic acids is 1. The predicted octanol–water partition coefficient (Wildman–Crippen LogP) is 3.78. The van der Waals surface area contributed by atoms with Gasteiger partial charge in [-0.25, -0.2) is 22.5 Å². The van der Waals surface area contributed by atoms with Crippen molar-refractivity contribution in [3.63, 3.8) is 0 Å². The lowest BCUT2D eigenvalue weighted by atomic mass is 10.2. The first kappa shape index (κ1) is 24.0. The second-order valence-corrected chi connectivity index (χ2v) is 10.1. The van der Waals surface area contributed by atoms with Gasteiger partial charge in [0, 0.05) is 25.7 Å². The number of sulfonamides is 1. The van der Waals surface area contributed by atoms with Crippen molar-refractivity contribution >= 4 is 38.6 Å². The molecule has 1 heterocycles. The SMILES string of the molecule is CCn1c(COC(=O)C(C)Oc2ccc(Cl)cc2C)nc2cc(S(=O)(=O)N(C)C)ccc21. The van der Waals surface area contributed by atoms with Crippen molar-refractivity contribution in [1.82, 2.24) is 13.9 Å². The Morgan fingerprint density at radius 1 is 1.22 bits per heavy atom. The van der Waals surface area contributed by atoms with Gasteiger partial charge < -0.3 is 14.0 Å². The lowest BCUT2D eigenvalue weighted by Gasteiger charge is -2.16. The largest absolute Gasteiger partial charge is 0.479 e. The fourth-order valence-electron chi connectivity index (χ4n) is 3.23. The molecule has 8 nitrogen and oxygen atoms in total. The van der Waals surface area contributed by atoms with Crippen LogP contribution in [0.3, 0.4) is 0 Å². The molecule has 0 aliphatic carbocycles. The number of carbonyl (C=O) groups is 1. The van der Waals surface area contributed by atoms with Crippen LogP contribution in [0.25, 0.3) is 11.0 Å². The lowest BCUT2D eigenvalue weighted by Crippen LogP contribution is -2.26. The Morgan fingerprint density at radius 3 is 2.56 bits per heavy atom. The highest BCUT2D eigenvalue weighted by molar-refractivity contribution is 7.89. The van der Waals surface area contributed by atoms with Crippen molar-refractivity contribution < 1.29 is 22.7 Å². The monoisotopic (exact) mass is 479 g/mol. The van der Waals surface area contributed by atoms with Crippen molar-refractivity contribution in [2.75, 3.05) is 14.1 Å². The number of halogens is 1. The van der Waals surface area contributed by atoms with Gasteiger partial charge in [0.1, 0.15) is 18.2 Å². The van der Waals surface area contributed by atoms with Crippen molar-refractivity contribution in [3.8, 4) is 5.75 Å². The van der Waals surface area contributed by atoms with Crippen molar-refractivity contribution in [2.24, 2.45) is 0 Å². The maximum atomic E-state index is 12.5. The quantitative estimate of drug-likeness (QED) is 0.457. The Hall–Kier alpha value is -2.62. The summed E-state index contributed by atoms with van der Waals surface area (Å²) in [6.45, 7) is 5.90. The number of fused-ring (bicyclic) bond motifs is 1. The number of hydrogen-bond donors (Lipinski definition) is 0. The van der Waals surface area contributed by atoms with E-state index >= 15 is 0 Å². The molecule has 3 rings (SSSR count). The first-order chi connectivity index (χ1) is 15.0. The number of benzene rings is 2. The van der Waals surface area contributed by atoms with Gasteiger partial charge in [0.25, 0.3) is 0 Å². The van der Waals surface area contributed by atoms with Crippen molar-refractivity contribution in [3.05, 3.63) is 52.8 Å². The third-order valence-corrected chi connectivity index (χ3v) is 7.06. The van der Waals surface area contributed by atoms with E-state index in [-0.39, 0.29) is 11.5 Å². The maximum absolute atomic E-state index is 12.5. The minimum absolute atomic E-state index is 0.0651. The standard InChI is InChI=1S/C22H26ClN3O5S/c1-6-26-19-9-8-17(32(28,29)25(4)5)12-18(19)24-21(26)13-30-22(27)15(3)31-20-10-7-16(23)11-14(20)2/h7-12,15H,6,13H2,1-5H3. The normalized spacial score (nSPS) is 12.8. The molecule has 0 saturated heterocycles. The maximum Gasteiger partial charge on any atom is 0.347 e. The van der Waals surface area contributed by atoms with Crippen LogP contribution < -0.4 is 4.74 Å². The first-order valence-corrected chi connectivity index (χ1v) is 11.9. The molecule has 0 radical (unpaired) electrons. The second kappa shape index (κ2) is 9.48. The van der Waals surface area contributed by atoms with E-state index in [2.05, 4.69) is 4.98 Å². The van der Waals surface area contributed by atoms with Crippen LogP contribution in [-0.4, -0.2) is 48.4 Å². The zero-order valence-corrected chi connectivity index (χ0v) is 20.2. The average Bonchev–Trinajstić information content (AvgIpc) is 3.10. The number of ether oxygens (including phenoxy) is 2. The summed E-state index contributed by atoms with van der Waals surface area (Å²) in [5.74, 6) is 0.532.